The van der Waals surface area contributed by atoms with Crippen molar-refractivity contribution in [3.63, 3.8) is 0 Å². The minimum absolute atomic E-state index is 0.000886. The Labute approximate surface area is 452 Å². The average Bonchev–Trinajstić information content (AvgIpc) is 3.68. The summed E-state index contributed by atoms with van der Waals surface area (Å²) in [7, 11) is -3.66. The van der Waals surface area contributed by atoms with Crippen molar-refractivity contribution in [1.82, 2.24) is 0 Å². The van der Waals surface area contributed by atoms with Gasteiger partial charge in [-0.3, -0.25) is 0 Å². The SMILES string of the molecule is [O-]B([O-])Oc1ccc(-c2c(F)c(F)c(F)c(F)c2F)c(-c2c(F)c(F)c(F)c(F)c2F)c1-c1c(F)c(F)c(F)c(F)c1F.c1ccc([C+](c2ccccc2)c2ccccc2)cc1.c1ccc([C+](c2ccccc2)c2ccccc2)cc1. The first-order valence-corrected chi connectivity index (χ1v) is 23.6. The van der Waals surface area contributed by atoms with Crippen LogP contribution in [0.5, 0.6) is 5.75 Å². The molecule has 0 saturated heterocycles. The van der Waals surface area contributed by atoms with E-state index in [0.717, 1.165) is 0 Å². The van der Waals surface area contributed by atoms with Crippen LogP contribution in [-0.2, 0) is 0 Å². The van der Waals surface area contributed by atoms with Gasteiger partial charge in [-0.1, -0.05) is 36.4 Å². The Hall–Kier alpha value is -9.33. The lowest BCUT2D eigenvalue weighted by molar-refractivity contribution is -0.372. The van der Waals surface area contributed by atoms with Gasteiger partial charge >= 0.3 is 0 Å². The summed E-state index contributed by atoms with van der Waals surface area (Å²) in [6.45, 7) is 0. The second-order valence-electron chi connectivity index (χ2n) is 17.0. The van der Waals surface area contributed by atoms with Gasteiger partial charge in [0.1, 0.15) is 13.1 Å². The molecule has 0 aliphatic rings. The van der Waals surface area contributed by atoms with Gasteiger partial charge in [-0.05, 0) is 163 Å². The molecule has 406 valence electrons. The van der Waals surface area contributed by atoms with Crippen LogP contribution < -0.4 is 14.7 Å². The first-order chi connectivity index (χ1) is 38.8. The number of rotatable bonds is 11. The van der Waals surface area contributed by atoms with Crippen molar-refractivity contribution in [3.05, 3.63) is 327 Å². The summed E-state index contributed by atoms with van der Waals surface area (Å²) in [4.78, 5) is 0. The molecule has 0 aliphatic carbocycles. The predicted molar refractivity (Wildman–Crippen MR) is 268 cm³/mol. The molecule has 0 heterocycles. The van der Waals surface area contributed by atoms with Crippen LogP contribution in [-0.4, -0.2) is 7.32 Å². The highest BCUT2D eigenvalue weighted by Gasteiger charge is 2.38. The highest BCUT2D eigenvalue weighted by molar-refractivity contribution is 6.30. The van der Waals surface area contributed by atoms with Crippen LogP contribution in [0.3, 0.4) is 0 Å². The molecule has 0 spiro atoms. The van der Waals surface area contributed by atoms with Gasteiger partial charge in [-0.2, -0.15) is 0 Å². The van der Waals surface area contributed by atoms with Gasteiger partial charge in [0.05, 0.1) is 61.9 Å². The van der Waals surface area contributed by atoms with Crippen LogP contribution in [0.2, 0.25) is 0 Å². The van der Waals surface area contributed by atoms with Crippen molar-refractivity contribution in [2.75, 3.05) is 0 Å². The Bertz CT molecular complexity index is 3440. The fraction of sp³-hybridized carbons (Fsp3) is 0. The summed E-state index contributed by atoms with van der Waals surface area (Å²) < 4.78 is 220. The standard InChI is InChI=1S/C24H2BF15O3.2C19H15/c26-10-6(11(27)17(33)22(38)16(10)32)3-1-2-4(43-25(41)42)7(9-14(30)20(36)24(40)21(37)15(9)31)5(3)8-12(28)18(34)23(39)19(35)13(8)29;2*1-4-10-16(11-5-1)19(17-12-6-2-7-13-17)18-14-8-3-9-15-18/h1-2H;2*1-15H/q-2;2*+1. The quantitative estimate of drug-likeness (QED) is 0.0324. The van der Waals surface area contributed by atoms with E-state index >= 15 is 8.78 Å². The van der Waals surface area contributed by atoms with Crippen molar-refractivity contribution in [1.29, 1.82) is 0 Å². The Morgan fingerprint density at radius 1 is 0.235 bits per heavy atom. The van der Waals surface area contributed by atoms with E-state index in [4.69, 9.17) is 0 Å². The Morgan fingerprint density at radius 3 is 0.679 bits per heavy atom. The molecule has 0 aromatic heterocycles. The van der Waals surface area contributed by atoms with E-state index < -0.39 is 134 Å². The fourth-order valence-corrected chi connectivity index (χ4v) is 8.62. The van der Waals surface area contributed by atoms with Gasteiger partial charge in [0.2, 0.25) is 17.5 Å². The van der Waals surface area contributed by atoms with Crippen LogP contribution in [0.4, 0.5) is 65.9 Å². The molecule has 0 saturated carbocycles. The third-order valence-electron chi connectivity index (χ3n) is 12.2. The maximum Gasteiger partial charge on any atom is 0.200 e. The van der Waals surface area contributed by atoms with Crippen LogP contribution in [0, 0.1) is 99.1 Å². The van der Waals surface area contributed by atoms with Crippen LogP contribution in [0.1, 0.15) is 33.4 Å². The van der Waals surface area contributed by atoms with Gasteiger partial charge in [0, 0.05) is 11.1 Å². The van der Waals surface area contributed by atoms with Crippen LogP contribution in [0.15, 0.2) is 194 Å². The van der Waals surface area contributed by atoms with Gasteiger partial charge in [-0.15, -0.1) is 0 Å². The van der Waals surface area contributed by atoms with Gasteiger partial charge < -0.3 is 14.7 Å². The monoisotopic (exact) mass is 1120 g/mol. The zero-order valence-electron chi connectivity index (χ0n) is 40.9. The predicted octanol–water partition coefficient (Wildman–Crippen LogP) is 15.3. The fourth-order valence-electron chi connectivity index (χ4n) is 8.62. The topological polar surface area (TPSA) is 55.3 Å². The molecule has 10 aromatic carbocycles. The molecular weight excluding hydrogens is 1090 g/mol. The Balaban J connectivity index is 0.000000185. The number of halogens is 15. The molecule has 0 aliphatic heterocycles. The minimum atomic E-state index is -3.66. The average molecular weight is 1120 g/mol. The number of benzene rings is 10. The van der Waals surface area contributed by atoms with Crippen LogP contribution >= 0.6 is 0 Å². The molecule has 81 heavy (non-hydrogen) atoms. The van der Waals surface area contributed by atoms with E-state index in [0.29, 0.717) is 0 Å². The Kier molecular flexibility index (Phi) is 18.0. The van der Waals surface area contributed by atoms with E-state index in [1.807, 2.05) is 0 Å². The summed E-state index contributed by atoms with van der Waals surface area (Å²) >= 11 is 0. The second-order valence-corrected chi connectivity index (χ2v) is 17.0. The highest BCUT2D eigenvalue weighted by atomic mass is 19.2. The molecule has 0 atom stereocenters. The first kappa shape index (κ1) is 57.8. The normalized spacial score (nSPS) is 10.8. The van der Waals surface area contributed by atoms with Gasteiger partial charge in [-0.25, -0.2) is 65.9 Å². The molecule has 0 amide bonds. The zero-order valence-corrected chi connectivity index (χ0v) is 40.9. The second kappa shape index (κ2) is 25.2. The minimum Gasteiger partial charge on any atom is -0.860 e. The number of hydrogen-bond acceptors (Lipinski definition) is 3. The summed E-state index contributed by atoms with van der Waals surface area (Å²) in [5.74, 6) is -43.0. The van der Waals surface area contributed by atoms with Gasteiger partial charge in [0.25, 0.3) is 0 Å². The molecule has 10 rings (SSSR count). The number of hydrogen-bond donors (Lipinski definition) is 0. The van der Waals surface area contributed by atoms with Crippen molar-refractivity contribution < 1.29 is 80.6 Å². The van der Waals surface area contributed by atoms with E-state index in [2.05, 4.69) is 187 Å². The third-order valence-corrected chi connectivity index (χ3v) is 12.2. The molecule has 0 unspecified atom stereocenters. The molecule has 10 aromatic rings. The molecule has 3 nitrogen and oxygen atoms in total. The Morgan fingerprint density at radius 2 is 0.444 bits per heavy atom. The van der Waals surface area contributed by atoms with Crippen molar-refractivity contribution in [2.45, 2.75) is 0 Å². The van der Waals surface area contributed by atoms with Gasteiger partial charge in [0.15, 0.2) is 69.8 Å². The molecule has 19 heteroatoms. The lowest BCUT2D eigenvalue weighted by Gasteiger charge is -2.30. The van der Waals surface area contributed by atoms with E-state index in [9.17, 15) is 67.1 Å². The summed E-state index contributed by atoms with van der Waals surface area (Å²) in [6, 6.07) is 63.2. The first-order valence-electron chi connectivity index (χ1n) is 23.6. The molecule has 0 bridgehead atoms. The molecule has 0 N–H and O–H groups in total. The van der Waals surface area contributed by atoms with Crippen molar-refractivity contribution in [2.24, 2.45) is 0 Å². The third kappa shape index (κ3) is 11.9. The lowest BCUT2D eigenvalue weighted by atomic mass is 9.85. The smallest absolute Gasteiger partial charge is 0.200 e. The highest BCUT2D eigenvalue weighted by Crippen LogP contribution is 2.51. The van der Waals surface area contributed by atoms with E-state index in [1.54, 1.807) is 0 Å². The molecular formula is C62H32BF15O3. The largest absolute Gasteiger partial charge is 0.860 e. The lowest BCUT2D eigenvalue weighted by Crippen LogP contribution is -2.50. The summed E-state index contributed by atoms with van der Waals surface area (Å²) in [6.07, 6.45) is 0. The van der Waals surface area contributed by atoms with Crippen molar-refractivity contribution >= 4 is 7.32 Å². The van der Waals surface area contributed by atoms with Crippen molar-refractivity contribution in [3.8, 4) is 39.1 Å². The maximum atomic E-state index is 15.0. The zero-order chi connectivity index (χ0) is 58.2. The van der Waals surface area contributed by atoms with E-state index in [-0.39, 0.29) is 12.1 Å². The van der Waals surface area contributed by atoms with Crippen LogP contribution in [0.25, 0.3) is 33.4 Å². The molecule has 0 radical (unpaired) electrons. The summed E-state index contributed by atoms with van der Waals surface area (Å²) in [5, 5.41) is 22.4. The molecule has 0 fully saturated rings. The van der Waals surface area contributed by atoms with E-state index in [1.165, 1.54) is 45.2 Å². The maximum absolute atomic E-state index is 15.0. The summed E-state index contributed by atoms with van der Waals surface area (Å²) in [5.41, 5.74) is -6.10.